The Bertz CT molecular complexity index is 338. The Kier molecular flexibility index (Phi) is 4.30. The first kappa shape index (κ1) is 11.2. The van der Waals surface area contributed by atoms with E-state index in [4.69, 9.17) is 5.73 Å². The summed E-state index contributed by atoms with van der Waals surface area (Å²) < 4.78 is 4.65. The van der Waals surface area contributed by atoms with E-state index in [0.717, 1.165) is 6.73 Å². The predicted octanol–water partition coefficient (Wildman–Crippen LogP) is 0.0376. The zero-order chi connectivity index (χ0) is 11.1. The van der Waals surface area contributed by atoms with Gasteiger partial charge in [-0.15, -0.1) is 0 Å². The number of benzene rings is 1. The maximum Gasteiger partial charge on any atom is 0.340 e. The molecular formula is C10H11N2O3. The lowest BCUT2D eigenvalue weighted by molar-refractivity contribution is -0.119. The van der Waals surface area contributed by atoms with Crippen molar-refractivity contribution in [2.45, 2.75) is 0 Å². The topological polar surface area (TPSA) is 81.4 Å². The first-order valence-electron chi connectivity index (χ1n) is 4.31. The number of carbonyl (C=O) groups is 2. The van der Waals surface area contributed by atoms with E-state index in [-0.39, 0.29) is 6.54 Å². The molecule has 0 aliphatic carbocycles. The quantitative estimate of drug-likeness (QED) is 0.683. The summed E-state index contributed by atoms with van der Waals surface area (Å²) in [6.07, 6.45) is 0. The van der Waals surface area contributed by atoms with Crippen molar-refractivity contribution < 1.29 is 14.3 Å². The maximum atomic E-state index is 11.3. The van der Waals surface area contributed by atoms with Gasteiger partial charge in [0, 0.05) is 0 Å². The van der Waals surface area contributed by atoms with Crippen LogP contribution in [0.2, 0.25) is 0 Å². The van der Waals surface area contributed by atoms with Crippen LogP contribution in [0.15, 0.2) is 30.3 Å². The number of nitrogens with two attached hydrogens (primary N) is 1. The zero-order valence-electron chi connectivity index (χ0n) is 7.97. The van der Waals surface area contributed by atoms with Gasteiger partial charge in [0.1, 0.15) is 0 Å². The van der Waals surface area contributed by atoms with Crippen LogP contribution >= 0.6 is 0 Å². The van der Waals surface area contributed by atoms with Crippen LogP contribution in [0, 0.1) is 6.73 Å². The van der Waals surface area contributed by atoms with Gasteiger partial charge in [0.25, 0.3) is 0 Å². The Morgan fingerprint density at radius 3 is 2.60 bits per heavy atom. The molecule has 0 spiro atoms. The van der Waals surface area contributed by atoms with E-state index in [2.05, 4.69) is 10.1 Å². The van der Waals surface area contributed by atoms with Gasteiger partial charge in [-0.3, -0.25) is 4.79 Å². The minimum absolute atomic E-state index is 0.153. The highest BCUT2D eigenvalue weighted by Gasteiger charge is 2.06. The molecule has 1 radical (unpaired) electrons. The summed E-state index contributed by atoms with van der Waals surface area (Å²) in [5.41, 5.74) is 5.44. The molecule has 0 atom stereocenters. The lowest BCUT2D eigenvalue weighted by atomic mass is 10.2. The fraction of sp³-hybridized carbons (Fsp3) is 0.100. The van der Waals surface area contributed by atoms with Gasteiger partial charge in [0.2, 0.25) is 12.6 Å². The van der Waals surface area contributed by atoms with E-state index in [0.29, 0.717) is 5.56 Å². The third kappa shape index (κ3) is 3.78. The number of ether oxygens (including phenoxy) is 1. The van der Waals surface area contributed by atoms with Gasteiger partial charge in [-0.25, -0.2) is 4.79 Å². The predicted molar refractivity (Wildman–Crippen MR) is 53.4 cm³/mol. The fourth-order valence-corrected chi connectivity index (χ4v) is 0.850. The van der Waals surface area contributed by atoms with Crippen LogP contribution in [0.3, 0.4) is 0 Å². The average molecular weight is 207 g/mol. The molecule has 0 unspecified atom stereocenters. The first-order valence-corrected chi connectivity index (χ1v) is 4.31. The molecule has 0 bridgehead atoms. The van der Waals surface area contributed by atoms with Crippen molar-refractivity contribution in [2.75, 3.05) is 6.54 Å². The number of esters is 1. The van der Waals surface area contributed by atoms with Gasteiger partial charge in [-0.1, -0.05) is 18.2 Å². The Hall–Kier alpha value is -1.88. The largest absolute Gasteiger partial charge is 0.432 e. The molecule has 5 nitrogen and oxygen atoms in total. The summed E-state index contributed by atoms with van der Waals surface area (Å²) in [4.78, 5) is 21.9. The molecular weight excluding hydrogens is 196 g/mol. The monoisotopic (exact) mass is 207 g/mol. The van der Waals surface area contributed by atoms with Gasteiger partial charge in [-0.2, -0.15) is 0 Å². The normalized spacial score (nSPS) is 9.40. The third-order valence-corrected chi connectivity index (χ3v) is 1.58. The molecule has 1 aromatic rings. The van der Waals surface area contributed by atoms with Crippen molar-refractivity contribution in [1.82, 2.24) is 5.32 Å². The van der Waals surface area contributed by atoms with Crippen molar-refractivity contribution in [1.29, 1.82) is 0 Å². The molecule has 0 aliphatic heterocycles. The van der Waals surface area contributed by atoms with Crippen molar-refractivity contribution >= 4 is 11.9 Å². The lowest BCUT2D eigenvalue weighted by Gasteiger charge is -2.03. The summed E-state index contributed by atoms with van der Waals surface area (Å²) >= 11 is 0. The highest BCUT2D eigenvalue weighted by molar-refractivity contribution is 5.89. The van der Waals surface area contributed by atoms with E-state index in [9.17, 15) is 9.59 Å². The molecule has 0 heterocycles. The fourth-order valence-electron chi connectivity index (χ4n) is 0.850. The summed E-state index contributed by atoms with van der Waals surface area (Å²) in [5.74, 6) is -0.955. The van der Waals surface area contributed by atoms with Gasteiger partial charge in [-0.05, 0) is 12.1 Å². The van der Waals surface area contributed by atoms with Crippen LogP contribution in [-0.2, 0) is 9.53 Å². The van der Waals surface area contributed by atoms with Crippen LogP contribution < -0.4 is 11.1 Å². The minimum Gasteiger partial charge on any atom is -0.432 e. The van der Waals surface area contributed by atoms with E-state index in [1.54, 1.807) is 30.3 Å². The summed E-state index contributed by atoms with van der Waals surface area (Å²) in [6.45, 7) is 0.768. The Morgan fingerprint density at radius 2 is 2.00 bits per heavy atom. The summed E-state index contributed by atoms with van der Waals surface area (Å²) in [5, 5.41) is 2.20. The Balaban J connectivity index is 2.34. The first-order chi connectivity index (χ1) is 7.24. The van der Waals surface area contributed by atoms with Crippen LogP contribution in [0.5, 0.6) is 0 Å². The standard InChI is InChI=1S/C10H11N2O3/c11-6-9(13)12-7-15-10(14)8-4-2-1-3-5-8/h1-5,7H,6,11H2,(H,12,13). The summed E-state index contributed by atoms with van der Waals surface area (Å²) in [6, 6.07) is 8.45. The average Bonchev–Trinajstić information content (AvgIpc) is 2.29. The van der Waals surface area contributed by atoms with Crippen LogP contribution in [0.1, 0.15) is 10.4 Å². The number of rotatable bonds is 4. The number of carbonyl (C=O) groups excluding carboxylic acids is 2. The molecule has 0 saturated carbocycles. The van der Waals surface area contributed by atoms with Gasteiger partial charge < -0.3 is 15.8 Å². The van der Waals surface area contributed by atoms with Crippen molar-refractivity contribution in [2.24, 2.45) is 5.73 Å². The van der Waals surface area contributed by atoms with Crippen molar-refractivity contribution in [3.63, 3.8) is 0 Å². The molecule has 1 aromatic carbocycles. The third-order valence-electron chi connectivity index (χ3n) is 1.58. The highest BCUT2D eigenvalue weighted by Crippen LogP contribution is 2.00. The Morgan fingerprint density at radius 1 is 1.33 bits per heavy atom. The van der Waals surface area contributed by atoms with Gasteiger partial charge in [0.15, 0.2) is 0 Å². The molecule has 1 rings (SSSR count). The molecule has 0 fully saturated rings. The maximum absolute atomic E-state index is 11.3. The second-order valence-electron chi connectivity index (χ2n) is 2.66. The van der Waals surface area contributed by atoms with Crippen LogP contribution in [0.4, 0.5) is 0 Å². The van der Waals surface area contributed by atoms with E-state index in [1.807, 2.05) is 0 Å². The van der Waals surface area contributed by atoms with Gasteiger partial charge in [0.05, 0.1) is 12.1 Å². The molecule has 15 heavy (non-hydrogen) atoms. The second kappa shape index (κ2) is 5.77. The molecule has 0 aliphatic rings. The van der Waals surface area contributed by atoms with Gasteiger partial charge >= 0.3 is 5.97 Å². The Labute approximate surface area is 87.2 Å². The lowest BCUT2D eigenvalue weighted by Crippen LogP contribution is -2.29. The molecule has 0 aromatic heterocycles. The van der Waals surface area contributed by atoms with Crippen molar-refractivity contribution in [3.8, 4) is 0 Å². The molecule has 1 amide bonds. The molecule has 3 N–H and O–H groups in total. The van der Waals surface area contributed by atoms with E-state index in [1.165, 1.54) is 0 Å². The SMILES string of the molecule is NCC(=O)N[CH]OC(=O)c1ccccc1. The summed E-state index contributed by atoms with van der Waals surface area (Å²) in [7, 11) is 0. The number of nitrogens with one attached hydrogen (secondary N) is 1. The van der Waals surface area contributed by atoms with E-state index >= 15 is 0 Å². The molecule has 0 saturated heterocycles. The number of hydrogen-bond acceptors (Lipinski definition) is 4. The number of hydrogen-bond donors (Lipinski definition) is 2. The highest BCUT2D eigenvalue weighted by atomic mass is 16.5. The second-order valence-corrected chi connectivity index (χ2v) is 2.66. The number of amides is 1. The molecule has 5 heteroatoms. The molecule has 79 valence electrons. The minimum atomic E-state index is -0.534. The zero-order valence-corrected chi connectivity index (χ0v) is 7.97. The van der Waals surface area contributed by atoms with Crippen LogP contribution in [0.25, 0.3) is 0 Å². The smallest absolute Gasteiger partial charge is 0.340 e. The van der Waals surface area contributed by atoms with Crippen molar-refractivity contribution in [3.05, 3.63) is 42.6 Å². The van der Waals surface area contributed by atoms with E-state index < -0.39 is 11.9 Å². The van der Waals surface area contributed by atoms with Crippen LogP contribution in [-0.4, -0.2) is 18.4 Å².